The molecule has 0 aliphatic heterocycles. The van der Waals surface area contributed by atoms with Gasteiger partial charge in [0.1, 0.15) is 0 Å². The lowest BCUT2D eigenvalue weighted by atomic mass is 9.89. The van der Waals surface area contributed by atoms with Gasteiger partial charge in [-0.3, -0.25) is 0 Å². The van der Waals surface area contributed by atoms with E-state index in [0.29, 0.717) is 0 Å². The molecule has 1 aromatic rings. The predicted octanol–water partition coefficient (Wildman–Crippen LogP) is 3.73. The van der Waals surface area contributed by atoms with Gasteiger partial charge < -0.3 is 5.41 Å². The summed E-state index contributed by atoms with van der Waals surface area (Å²) >= 11 is 0. The molecule has 0 spiro atoms. The van der Waals surface area contributed by atoms with Crippen molar-refractivity contribution in [3.8, 4) is 0 Å². The fourth-order valence-electron chi connectivity index (χ4n) is 2.32. The van der Waals surface area contributed by atoms with Crippen LogP contribution in [0.25, 0.3) is 0 Å². The summed E-state index contributed by atoms with van der Waals surface area (Å²) in [5, 5.41) is 7.95. The third kappa shape index (κ3) is 2.28. The van der Waals surface area contributed by atoms with Crippen molar-refractivity contribution < 1.29 is 0 Å². The molecule has 1 aromatic carbocycles. The van der Waals surface area contributed by atoms with E-state index in [1.807, 2.05) is 0 Å². The summed E-state index contributed by atoms with van der Waals surface area (Å²) in [6.45, 7) is 2.13. The van der Waals surface area contributed by atoms with Gasteiger partial charge in [-0.1, -0.05) is 25.5 Å². The van der Waals surface area contributed by atoms with Gasteiger partial charge in [-0.15, -0.1) is 0 Å². The first-order valence-electron chi connectivity index (χ1n) is 6.01. The molecule has 0 atom stereocenters. The molecule has 1 N–H and O–H groups in total. The van der Waals surface area contributed by atoms with Crippen LogP contribution in [-0.4, -0.2) is 5.71 Å². The zero-order chi connectivity index (χ0) is 10.7. The van der Waals surface area contributed by atoms with Crippen LogP contribution < -0.4 is 0 Å². The van der Waals surface area contributed by atoms with Crippen molar-refractivity contribution in [2.75, 3.05) is 0 Å². The fraction of sp³-hybridized carbons (Fsp3) is 0.500. The van der Waals surface area contributed by atoms with Crippen LogP contribution in [-0.2, 0) is 12.8 Å². The van der Waals surface area contributed by atoms with E-state index in [4.69, 9.17) is 5.41 Å². The summed E-state index contributed by atoms with van der Waals surface area (Å²) in [5.41, 5.74) is 4.93. The third-order valence-electron chi connectivity index (χ3n) is 3.20. The van der Waals surface area contributed by atoms with Gasteiger partial charge in [-0.05, 0) is 54.9 Å². The molecule has 0 bridgehead atoms. The maximum atomic E-state index is 7.95. The second kappa shape index (κ2) is 4.61. The first-order chi connectivity index (χ1) is 7.31. The minimum absolute atomic E-state index is 0.797. The van der Waals surface area contributed by atoms with E-state index in [9.17, 15) is 0 Å². The topological polar surface area (TPSA) is 23.9 Å². The Balaban J connectivity index is 2.24. The fourth-order valence-corrected chi connectivity index (χ4v) is 2.32. The molecule has 1 heteroatoms. The molecule has 0 unspecified atom stereocenters. The standard InChI is InChI=1S/C14H19N/c1-2-5-14(15)13-9-8-11-6-3-4-7-12(11)10-13/h8-10,15H,2-7H2,1H3. The Kier molecular flexibility index (Phi) is 3.20. The highest BCUT2D eigenvalue weighted by molar-refractivity contribution is 5.98. The molecule has 2 rings (SSSR count). The molecular weight excluding hydrogens is 182 g/mol. The Labute approximate surface area is 92.0 Å². The van der Waals surface area contributed by atoms with E-state index < -0.39 is 0 Å². The average Bonchev–Trinajstić information content (AvgIpc) is 2.29. The SMILES string of the molecule is CCCC(=N)c1ccc2c(c1)CCCC2. The van der Waals surface area contributed by atoms with Crippen LogP contribution in [0.2, 0.25) is 0 Å². The van der Waals surface area contributed by atoms with Crippen LogP contribution in [0.5, 0.6) is 0 Å². The molecule has 0 amide bonds. The first kappa shape index (κ1) is 10.4. The zero-order valence-corrected chi connectivity index (χ0v) is 9.47. The van der Waals surface area contributed by atoms with Gasteiger partial charge in [-0.2, -0.15) is 0 Å². The molecular formula is C14H19N. The number of aryl methyl sites for hydroxylation is 2. The number of rotatable bonds is 3. The number of benzene rings is 1. The van der Waals surface area contributed by atoms with Crippen molar-refractivity contribution in [2.24, 2.45) is 0 Å². The van der Waals surface area contributed by atoms with Crippen LogP contribution in [0.3, 0.4) is 0 Å². The maximum absolute atomic E-state index is 7.95. The molecule has 0 saturated carbocycles. The van der Waals surface area contributed by atoms with E-state index in [1.165, 1.54) is 36.8 Å². The highest BCUT2D eigenvalue weighted by atomic mass is 14.4. The van der Waals surface area contributed by atoms with E-state index in [1.54, 1.807) is 0 Å². The molecule has 0 saturated heterocycles. The van der Waals surface area contributed by atoms with Gasteiger partial charge in [0.15, 0.2) is 0 Å². The maximum Gasteiger partial charge on any atom is 0.0386 e. The summed E-state index contributed by atoms with van der Waals surface area (Å²) in [6.07, 6.45) is 7.06. The van der Waals surface area contributed by atoms with Crippen molar-refractivity contribution in [2.45, 2.75) is 45.4 Å². The molecule has 0 fully saturated rings. The Hall–Kier alpha value is -1.11. The van der Waals surface area contributed by atoms with Crippen molar-refractivity contribution in [1.29, 1.82) is 5.41 Å². The minimum Gasteiger partial charge on any atom is -0.305 e. The van der Waals surface area contributed by atoms with Gasteiger partial charge in [-0.25, -0.2) is 0 Å². The Bertz CT molecular complexity index is 366. The lowest BCUT2D eigenvalue weighted by molar-refractivity contribution is 0.685. The predicted molar refractivity (Wildman–Crippen MR) is 64.8 cm³/mol. The second-order valence-corrected chi connectivity index (χ2v) is 4.42. The Morgan fingerprint density at radius 2 is 1.93 bits per heavy atom. The molecule has 1 aliphatic rings. The summed E-state index contributed by atoms with van der Waals surface area (Å²) in [6, 6.07) is 6.60. The Morgan fingerprint density at radius 1 is 1.20 bits per heavy atom. The van der Waals surface area contributed by atoms with Crippen LogP contribution >= 0.6 is 0 Å². The van der Waals surface area contributed by atoms with Crippen LogP contribution in [0.4, 0.5) is 0 Å². The van der Waals surface area contributed by atoms with Crippen LogP contribution in [0, 0.1) is 5.41 Å². The van der Waals surface area contributed by atoms with E-state index in [0.717, 1.165) is 24.1 Å². The van der Waals surface area contributed by atoms with Crippen LogP contribution in [0.1, 0.15) is 49.3 Å². The van der Waals surface area contributed by atoms with Gasteiger partial charge in [0.05, 0.1) is 0 Å². The van der Waals surface area contributed by atoms with Crippen molar-refractivity contribution in [3.63, 3.8) is 0 Å². The summed E-state index contributed by atoms with van der Waals surface area (Å²) < 4.78 is 0. The van der Waals surface area contributed by atoms with Crippen LogP contribution in [0.15, 0.2) is 18.2 Å². The molecule has 15 heavy (non-hydrogen) atoms. The van der Waals surface area contributed by atoms with Crippen molar-refractivity contribution in [1.82, 2.24) is 0 Å². The molecule has 80 valence electrons. The number of hydrogen-bond donors (Lipinski definition) is 1. The lowest BCUT2D eigenvalue weighted by Crippen LogP contribution is -2.06. The summed E-state index contributed by atoms with van der Waals surface area (Å²) in [4.78, 5) is 0. The van der Waals surface area contributed by atoms with Crippen molar-refractivity contribution >= 4 is 5.71 Å². The van der Waals surface area contributed by atoms with Gasteiger partial charge in [0.25, 0.3) is 0 Å². The quantitative estimate of drug-likeness (QED) is 0.720. The van der Waals surface area contributed by atoms with Crippen molar-refractivity contribution in [3.05, 3.63) is 34.9 Å². The molecule has 0 heterocycles. The highest BCUT2D eigenvalue weighted by Gasteiger charge is 2.10. The molecule has 0 aromatic heterocycles. The lowest BCUT2D eigenvalue weighted by Gasteiger charge is -2.16. The highest BCUT2D eigenvalue weighted by Crippen LogP contribution is 2.22. The monoisotopic (exact) mass is 201 g/mol. The van der Waals surface area contributed by atoms with Gasteiger partial charge >= 0.3 is 0 Å². The van der Waals surface area contributed by atoms with E-state index >= 15 is 0 Å². The number of nitrogens with one attached hydrogen (secondary N) is 1. The number of fused-ring (bicyclic) bond motifs is 1. The normalized spacial score (nSPS) is 14.7. The van der Waals surface area contributed by atoms with Gasteiger partial charge in [0, 0.05) is 5.71 Å². The average molecular weight is 201 g/mol. The summed E-state index contributed by atoms with van der Waals surface area (Å²) in [5.74, 6) is 0. The van der Waals surface area contributed by atoms with E-state index in [-0.39, 0.29) is 0 Å². The molecule has 0 radical (unpaired) electrons. The first-order valence-corrected chi connectivity index (χ1v) is 6.01. The minimum atomic E-state index is 0.797. The van der Waals surface area contributed by atoms with E-state index in [2.05, 4.69) is 25.1 Å². The Morgan fingerprint density at radius 3 is 2.67 bits per heavy atom. The van der Waals surface area contributed by atoms with Gasteiger partial charge in [0.2, 0.25) is 0 Å². The largest absolute Gasteiger partial charge is 0.305 e. The third-order valence-corrected chi connectivity index (χ3v) is 3.20. The second-order valence-electron chi connectivity index (χ2n) is 4.42. The number of hydrogen-bond acceptors (Lipinski definition) is 1. The zero-order valence-electron chi connectivity index (χ0n) is 9.47. The summed E-state index contributed by atoms with van der Waals surface area (Å²) in [7, 11) is 0. The molecule has 1 aliphatic carbocycles. The smallest absolute Gasteiger partial charge is 0.0386 e. The molecule has 1 nitrogen and oxygen atoms in total.